The molecule has 0 aliphatic carbocycles. The molecule has 0 atom stereocenters. The van der Waals surface area contributed by atoms with Gasteiger partial charge in [-0.3, -0.25) is 12.8 Å². The molecule has 0 saturated carbocycles. The van der Waals surface area contributed by atoms with Gasteiger partial charge in [0.05, 0.1) is 0 Å². The Kier molecular flexibility index (Phi) is 21.2. The quantitative estimate of drug-likeness (QED) is 0.416. The molecule has 152 valence electrons. The molecule has 0 N–H and O–H groups in total. The van der Waals surface area contributed by atoms with Crippen molar-refractivity contribution in [2.75, 3.05) is 0 Å². The summed E-state index contributed by atoms with van der Waals surface area (Å²) in [6, 6.07) is 16.7. The Morgan fingerprint density at radius 3 is 0.828 bits per heavy atom. The van der Waals surface area contributed by atoms with E-state index in [1.165, 1.54) is 52.0 Å². The van der Waals surface area contributed by atoms with Crippen LogP contribution in [0, 0.1) is 12.8 Å². The van der Waals surface area contributed by atoms with E-state index < -0.39 is 0 Å². The predicted octanol–water partition coefficient (Wildman–Crippen LogP) is 2.26. The number of rotatable bonds is 4. The van der Waals surface area contributed by atoms with Crippen molar-refractivity contribution in [1.82, 2.24) is 0 Å². The maximum Gasteiger partial charge on any atom is 4.00 e. The zero-order chi connectivity index (χ0) is 21.9. The predicted molar refractivity (Wildman–Crippen MR) is 103 cm³/mol. The zero-order valence-electron chi connectivity index (χ0n) is 16.9. The number of hydrogen-bond donors (Lipinski definition) is 0. The zero-order valence-corrected chi connectivity index (χ0v) is 18.4. The third-order valence-electron chi connectivity index (χ3n) is 2.30. The molecule has 0 saturated heterocycles. The summed E-state index contributed by atoms with van der Waals surface area (Å²) in [5.41, 5.74) is 0. The van der Waals surface area contributed by atoms with Crippen molar-refractivity contribution in [3.8, 4) is 11.5 Å². The van der Waals surface area contributed by atoms with Crippen LogP contribution in [-0.2, 0) is 40.9 Å². The van der Waals surface area contributed by atoms with E-state index in [1.54, 1.807) is 24.3 Å². The molecule has 0 bridgehead atoms. The fraction of sp³-hybridized carbons (Fsp3) is 0.182. The van der Waals surface area contributed by atoms with Crippen LogP contribution in [0.1, 0.15) is 27.7 Å². The van der Waals surface area contributed by atoms with Gasteiger partial charge < -0.3 is 29.4 Å². The van der Waals surface area contributed by atoms with Gasteiger partial charge in [0.1, 0.15) is 0 Å². The van der Waals surface area contributed by atoms with Crippen molar-refractivity contribution in [3.63, 3.8) is 0 Å². The van der Waals surface area contributed by atoms with Gasteiger partial charge in [0.15, 0.2) is 0 Å². The Morgan fingerprint density at radius 2 is 0.759 bits per heavy atom. The molecule has 0 aliphatic heterocycles. The summed E-state index contributed by atoms with van der Waals surface area (Å²) in [5, 5.41) is 20.5. The molecule has 0 aromatic heterocycles. The van der Waals surface area contributed by atoms with E-state index in [0.717, 1.165) is 12.8 Å². The van der Waals surface area contributed by atoms with Crippen molar-refractivity contribution in [1.29, 1.82) is 0 Å². The monoisotopic (exact) mass is 432 g/mol. The maximum atomic E-state index is 10.3. The average molecular weight is 432 g/mol. The normalized spacial score (nSPS) is 7.86. The molecular formula is C22H24O6Ti. The van der Waals surface area contributed by atoms with Crippen molar-refractivity contribution >= 4 is 23.1 Å². The topological polar surface area (TPSA) is 114 Å². The van der Waals surface area contributed by atoms with Crippen LogP contribution < -0.4 is 10.2 Å². The van der Waals surface area contributed by atoms with Crippen LogP contribution in [-0.4, -0.2) is 23.1 Å². The molecule has 2 aromatic carbocycles. The van der Waals surface area contributed by atoms with Gasteiger partial charge in [0.25, 0.3) is 0 Å². The first-order valence-electron chi connectivity index (χ1n) is 8.20. The Morgan fingerprint density at radius 1 is 0.552 bits per heavy atom. The van der Waals surface area contributed by atoms with Crippen LogP contribution in [0.3, 0.4) is 0 Å². The number of ketones is 4. The van der Waals surface area contributed by atoms with E-state index in [9.17, 15) is 29.4 Å². The summed E-state index contributed by atoms with van der Waals surface area (Å²) in [5.74, 6) is -0.606. The maximum absolute atomic E-state index is 10.3. The molecule has 0 radical (unpaired) electrons. The number of para-hydroxylation sites is 2. The second-order valence-electron chi connectivity index (χ2n) is 5.36. The molecular weight excluding hydrogens is 408 g/mol. The summed E-state index contributed by atoms with van der Waals surface area (Å²) in [6.45, 7) is 5.39. The molecule has 0 heterocycles. The molecule has 2 aromatic rings. The standard InChI is InChI=1S/2C6H6O.2C5H7O2.Ti/c2*7-6-4-2-1-3-5-6;2*1-4(6)3-5(2)7;/h2*1-5,7H;2*3H,1-2H3;/q;;2*-1;+4/p-2. The van der Waals surface area contributed by atoms with Gasteiger partial charge in [-0.2, -0.15) is 0 Å². The summed E-state index contributed by atoms with van der Waals surface area (Å²) in [7, 11) is 0. The first-order chi connectivity index (χ1) is 13.0. The molecule has 6 nitrogen and oxygen atoms in total. The number of hydrogen-bond acceptors (Lipinski definition) is 6. The fourth-order valence-corrected chi connectivity index (χ4v) is 1.41. The number of Topliss-reactive ketones (excluding diaryl/α,β-unsaturated/α-hetero) is 4. The van der Waals surface area contributed by atoms with Crippen LogP contribution in [0.2, 0.25) is 0 Å². The molecule has 29 heavy (non-hydrogen) atoms. The van der Waals surface area contributed by atoms with E-state index in [4.69, 9.17) is 0 Å². The average Bonchev–Trinajstić information content (AvgIpc) is 2.55. The van der Waals surface area contributed by atoms with Gasteiger partial charge in [-0.05, 0) is 27.7 Å². The van der Waals surface area contributed by atoms with Crippen molar-refractivity contribution in [2.24, 2.45) is 0 Å². The Hall–Kier alpha value is -2.83. The minimum Gasteiger partial charge on any atom is -0.872 e. The smallest absolute Gasteiger partial charge is 0.872 e. The Bertz CT molecular complexity index is 627. The van der Waals surface area contributed by atoms with Crippen LogP contribution >= 0.6 is 0 Å². The summed E-state index contributed by atoms with van der Waals surface area (Å²) >= 11 is 0. The third kappa shape index (κ3) is 30.2. The van der Waals surface area contributed by atoms with Crippen molar-refractivity contribution in [2.45, 2.75) is 27.7 Å². The van der Waals surface area contributed by atoms with Gasteiger partial charge in [0.2, 0.25) is 0 Å². The molecule has 0 unspecified atom stereocenters. The number of benzene rings is 2. The van der Waals surface area contributed by atoms with Crippen LogP contribution in [0.4, 0.5) is 0 Å². The summed E-state index contributed by atoms with van der Waals surface area (Å²) in [6.07, 6.45) is 2.11. The molecule has 7 heteroatoms. The van der Waals surface area contributed by atoms with E-state index in [-0.39, 0.29) is 56.3 Å². The second-order valence-corrected chi connectivity index (χ2v) is 5.36. The summed E-state index contributed by atoms with van der Waals surface area (Å²) in [4.78, 5) is 39.9. The van der Waals surface area contributed by atoms with Gasteiger partial charge in [-0.25, -0.2) is 0 Å². The molecule has 0 amide bonds. The van der Waals surface area contributed by atoms with Crippen molar-refractivity contribution < 1.29 is 51.1 Å². The van der Waals surface area contributed by atoms with Gasteiger partial charge in [0, 0.05) is 23.1 Å². The number of carbonyl (C=O) groups excluding carboxylic acids is 4. The van der Waals surface area contributed by atoms with E-state index in [0.29, 0.717) is 0 Å². The Labute approximate surface area is 186 Å². The second kappa shape index (κ2) is 19.9. The first-order valence-corrected chi connectivity index (χ1v) is 8.20. The third-order valence-corrected chi connectivity index (χ3v) is 2.30. The van der Waals surface area contributed by atoms with Gasteiger partial charge in [-0.15, -0.1) is 11.5 Å². The minimum atomic E-state index is -0.187. The first kappa shape index (κ1) is 30.9. The minimum absolute atomic E-state index is 0. The fourth-order valence-electron chi connectivity index (χ4n) is 1.41. The Balaban J connectivity index is -0.000000307. The van der Waals surface area contributed by atoms with Crippen LogP contribution in [0.5, 0.6) is 11.5 Å². The van der Waals surface area contributed by atoms with Crippen molar-refractivity contribution in [3.05, 3.63) is 73.5 Å². The van der Waals surface area contributed by atoms with E-state index in [2.05, 4.69) is 0 Å². The van der Waals surface area contributed by atoms with Crippen LogP contribution in [0.25, 0.3) is 0 Å². The van der Waals surface area contributed by atoms with Gasteiger partial charge in [-0.1, -0.05) is 60.7 Å². The number of carbonyl (C=O) groups is 4. The van der Waals surface area contributed by atoms with Gasteiger partial charge >= 0.3 is 21.7 Å². The molecule has 0 spiro atoms. The summed E-state index contributed by atoms with van der Waals surface area (Å²) < 4.78 is 0. The largest absolute Gasteiger partial charge is 4.00 e. The molecule has 0 aliphatic rings. The molecule has 0 fully saturated rings. The van der Waals surface area contributed by atoms with E-state index >= 15 is 0 Å². The van der Waals surface area contributed by atoms with E-state index in [1.807, 2.05) is 12.1 Å². The van der Waals surface area contributed by atoms with Crippen LogP contribution in [0.15, 0.2) is 60.7 Å². The molecule has 2 rings (SSSR count). The SMILES string of the molecule is CC(=O)[CH-]C(C)=O.CC(=O)[CH-]C(C)=O.[O-]c1ccccc1.[O-]c1ccccc1.[Ti+4].